The molecule has 0 bridgehead atoms. The van der Waals surface area contributed by atoms with Gasteiger partial charge in [0.1, 0.15) is 29.8 Å². The van der Waals surface area contributed by atoms with Crippen molar-refractivity contribution in [2.24, 2.45) is 35.1 Å². The van der Waals surface area contributed by atoms with Gasteiger partial charge in [0.15, 0.2) is 5.78 Å². The van der Waals surface area contributed by atoms with E-state index in [0.29, 0.717) is 50.6 Å². The number of rotatable bonds is 30. The Labute approximate surface area is 540 Å². The van der Waals surface area contributed by atoms with E-state index in [1.165, 1.54) is 31.2 Å². The minimum Gasteiger partial charge on any atom is -0.480 e. The standard InChI is InChI=1S/C31H47N3O3S.C23H25NO4.C19H36N2O3/c1-4-25(35)18-24(20-29-33-26-16-15-23(21(2)3)19-28(26)38-29)31(37)34-30(22-12-8-7-9-13-22)27(36)14-10-5-6-11-17-32;25-22(26)21(15-8-2-1-3-9-15)24-23(27)28-14-20-18-12-6-4-10-16(18)17-11-5-7-13-19(17)20;1-19(2,3)24-18(23)21-14-10-5-4-9-13-16(22)17(20)15-11-7-6-8-12-15/h15-16,19,21-22,24,30H,4-14,17-18,20,32H2,1-3H3,(H,34,37);4-7,10-13,15,20-21H,1-3,8-9,14H2,(H,24,27)(H,25,26);15,17H,4-14,20H2,1-3H3,(H,21,23)/t24-,30-;21-;17-/m000/s1. The van der Waals surface area contributed by atoms with Crippen LogP contribution in [0, 0.1) is 23.7 Å². The van der Waals surface area contributed by atoms with Crippen molar-refractivity contribution >= 4 is 63.0 Å². The molecule has 1 aromatic heterocycles. The number of Topliss-reactive ketones (excluding diaryl/α,β-unsaturated/α-hetero) is 3. The number of carboxylic acids is 1. The van der Waals surface area contributed by atoms with Crippen molar-refractivity contribution < 1.29 is 48.1 Å². The SMILES string of the molecule is CC(C)(C)OC(=O)NCCCCCCC(=O)[C@@H](N)C1CCCCC1.CCC(=O)C[C@@H](Cc1nc2ccc(C(C)C)cc2s1)C(=O)N[C@H](C(=O)CCCCCCN)C1CCCCC1.O=C(N[C@H](C(=O)O)C1CCCCC1)OCC1c2ccccc2-c2ccccc21. The Balaban J connectivity index is 0.000000222. The molecule has 8 N–H and O–H groups in total. The molecule has 3 fully saturated rings. The van der Waals surface area contributed by atoms with Crippen LogP contribution < -0.4 is 27.4 Å². The van der Waals surface area contributed by atoms with Crippen LogP contribution in [0.3, 0.4) is 0 Å². The molecule has 16 nitrogen and oxygen atoms in total. The number of carboxylic acid groups (broad SMARTS) is 1. The summed E-state index contributed by atoms with van der Waals surface area (Å²) >= 11 is 1.60. The highest BCUT2D eigenvalue weighted by atomic mass is 32.1. The van der Waals surface area contributed by atoms with Crippen LogP contribution in [0.15, 0.2) is 66.7 Å². The number of hydrogen-bond donors (Lipinski definition) is 6. The average molecular weight is 1260 g/mol. The molecule has 0 spiro atoms. The predicted octanol–water partition coefficient (Wildman–Crippen LogP) is 15.0. The van der Waals surface area contributed by atoms with Gasteiger partial charge in [-0.1, -0.05) is 159 Å². The molecule has 4 aromatic rings. The molecule has 4 aliphatic carbocycles. The first-order valence-corrected chi connectivity index (χ1v) is 35.1. The number of alkyl carbamates (subject to hydrolysis) is 2. The van der Waals surface area contributed by atoms with Crippen LogP contribution in [0.5, 0.6) is 0 Å². The number of carbonyl (C=O) groups excluding carboxylic acids is 6. The van der Waals surface area contributed by atoms with Crippen molar-refractivity contribution in [2.45, 2.75) is 257 Å². The van der Waals surface area contributed by atoms with Crippen LogP contribution in [0.1, 0.15) is 248 Å². The molecule has 3 aromatic carbocycles. The largest absolute Gasteiger partial charge is 0.480 e. The van der Waals surface area contributed by atoms with Gasteiger partial charge in [0, 0.05) is 44.6 Å². The van der Waals surface area contributed by atoms with Crippen molar-refractivity contribution in [1.29, 1.82) is 0 Å². The molecule has 4 atom stereocenters. The zero-order valence-corrected chi connectivity index (χ0v) is 55.9. The van der Waals surface area contributed by atoms with E-state index in [0.717, 1.165) is 159 Å². The molecule has 4 aliphatic rings. The second-order valence-electron chi connectivity index (χ2n) is 27.0. The van der Waals surface area contributed by atoms with Gasteiger partial charge in [-0.2, -0.15) is 0 Å². The first-order chi connectivity index (χ1) is 43.3. The number of nitrogens with two attached hydrogens (primary N) is 2. The number of aliphatic carboxylic acids is 1. The second-order valence-corrected chi connectivity index (χ2v) is 28.1. The van der Waals surface area contributed by atoms with E-state index in [1.54, 1.807) is 11.3 Å². The number of ether oxygens (including phenoxy) is 2. The first kappa shape index (κ1) is 73.0. The third-order valence-electron chi connectivity index (χ3n) is 18.5. The molecule has 0 unspecified atom stereocenters. The zero-order valence-electron chi connectivity index (χ0n) is 55.1. The maximum Gasteiger partial charge on any atom is 0.407 e. The molecular formula is C73H108N6O10S. The Bertz CT molecular complexity index is 2860. The lowest BCUT2D eigenvalue weighted by Crippen LogP contribution is -2.49. The van der Waals surface area contributed by atoms with Crippen molar-refractivity contribution in [3.8, 4) is 11.1 Å². The summed E-state index contributed by atoms with van der Waals surface area (Å²) in [5.74, 6) is -0.281. The number of benzene rings is 3. The molecule has 0 aliphatic heterocycles. The summed E-state index contributed by atoms with van der Waals surface area (Å²) in [7, 11) is 0. The second kappa shape index (κ2) is 38.1. The van der Waals surface area contributed by atoms with Gasteiger partial charge in [0.25, 0.3) is 0 Å². The number of nitrogens with zero attached hydrogens (tertiary/aromatic N) is 1. The first-order valence-electron chi connectivity index (χ1n) is 34.3. The van der Waals surface area contributed by atoms with Crippen LogP contribution in [0.25, 0.3) is 21.3 Å². The van der Waals surface area contributed by atoms with Crippen molar-refractivity contribution in [3.05, 3.63) is 88.4 Å². The van der Waals surface area contributed by atoms with E-state index in [9.17, 15) is 38.7 Å². The summed E-state index contributed by atoms with van der Waals surface area (Å²) in [6.07, 6.45) is 24.8. The average Bonchev–Trinajstić information content (AvgIpc) is 1.78. The van der Waals surface area contributed by atoms with Crippen LogP contribution in [-0.4, -0.2) is 94.9 Å². The lowest BCUT2D eigenvalue weighted by atomic mass is 9.81. The number of fused-ring (bicyclic) bond motifs is 4. The number of unbranched alkanes of at least 4 members (excludes halogenated alkanes) is 6. The summed E-state index contributed by atoms with van der Waals surface area (Å²) in [4.78, 5) is 92.0. The highest BCUT2D eigenvalue weighted by molar-refractivity contribution is 7.18. The Morgan fingerprint density at radius 2 is 1.21 bits per heavy atom. The van der Waals surface area contributed by atoms with E-state index >= 15 is 0 Å². The van der Waals surface area contributed by atoms with Gasteiger partial charge in [-0.15, -0.1) is 11.3 Å². The van der Waals surface area contributed by atoms with Crippen LogP contribution in [0.4, 0.5) is 9.59 Å². The number of carbonyl (C=O) groups is 7. The summed E-state index contributed by atoms with van der Waals surface area (Å²) in [6.45, 7) is 13.2. The Morgan fingerprint density at radius 3 is 1.77 bits per heavy atom. The molecule has 0 saturated heterocycles. The summed E-state index contributed by atoms with van der Waals surface area (Å²) in [5, 5.41) is 18.9. The lowest BCUT2D eigenvalue weighted by Gasteiger charge is -2.31. The molecule has 496 valence electrons. The van der Waals surface area contributed by atoms with Gasteiger partial charge in [0.05, 0.1) is 33.2 Å². The van der Waals surface area contributed by atoms with E-state index in [4.69, 9.17) is 25.9 Å². The Kier molecular flexibility index (Phi) is 30.9. The molecule has 3 saturated carbocycles. The Morgan fingerprint density at radius 1 is 0.667 bits per heavy atom. The molecule has 17 heteroatoms. The van der Waals surface area contributed by atoms with E-state index in [-0.39, 0.29) is 66.2 Å². The molecule has 0 radical (unpaired) electrons. The number of nitrogens with one attached hydrogen (secondary N) is 3. The highest BCUT2D eigenvalue weighted by Gasteiger charge is 2.36. The summed E-state index contributed by atoms with van der Waals surface area (Å²) < 4.78 is 11.8. The Hall–Kier alpha value is -6.04. The fourth-order valence-corrected chi connectivity index (χ4v) is 14.4. The minimum absolute atomic E-state index is 0.0215. The van der Waals surface area contributed by atoms with Crippen LogP contribution in [-0.2, 0) is 39.9 Å². The summed E-state index contributed by atoms with van der Waals surface area (Å²) in [5.41, 5.74) is 18.1. The van der Waals surface area contributed by atoms with E-state index in [2.05, 4.69) is 66.2 Å². The van der Waals surface area contributed by atoms with Gasteiger partial charge in [0.2, 0.25) is 5.91 Å². The third-order valence-corrected chi connectivity index (χ3v) is 19.5. The van der Waals surface area contributed by atoms with Gasteiger partial charge in [-0.3, -0.25) is 19.2 Å². The van der Waals surface area contributed by atoms with Crippen LogP contribution >= 0.6 is 11.3 Å². The van der Waals surface area contributed by atoms with Gasteiger partial charge >= 0.3 is 18.2 Å². The summed E-state index contributed by atoms with van der Waals surface area (Å²) in [6, 6.07) is 21.0. The van der Waals surface area contributed by atoms with Gasteiger partial charge < -0.3 is 42.0 Å². The zero-order chi connectivity index (χ0) is 65.0. The fourth-order valence-electron chi connectivity index (χ4n) is 13.3. The maximum atomic E-state index is 13.7. The highest BCUT2D eigenvalue weighted by Crippen LogP contribution is 2.45. The third kappa shape index (κ3) is 23.9. The number of hydrogen-bond acceptors (Lipinski definition) is 13. The predicted molar refractivity (Wildman–Crippen MR) is 360 cm³/mol. The number of amides is 3. The minimum atomic E-state index is -0.986. The lowest BCUT2D eigenvalue weighted by molar-refractivity contribution is -0.141. The van der Waals surface area contributed by atoms with Crippen LogP contribution in [0.2, 0.25) is 0 Å². The number of aromatic nitrogens is 1. The van der Waals surface area contributed by atoms with E-state index in [1.807, 2.05) is 58.0 Å². The van der Waals surface area contributed by atoms with Gasteiger partial charge in [-0.25, -0.2) is 19.4 Å². The number of ketones is 3. The molecular weight excluding hydrogens is 1150 g/mol. The monoisotopic (exact) mass is 1260 g/mol. The van der Waals surface area contributed by atoms with Gasteiger partial charge in [-0.05, 0) is 155 Å². The molecule has 3 amide bonds. The van der Waals surface area contributed by atoms with Crippen molar-refractivity contribution in [1.82, 2.24) is 20.9 Å². The van der Waals surface area contributed by atoms with E-state index < -0.39 is 35.7 Å². The smallest absolute Gasteiger partial charge is 0.407 e. The van der Waals surface area contributed by atoms with Crippen molar-refractivity contribution in [3.63, 3.8) is 0 Å². The van der Waals surface area contributed by atoms with Crippen molar-refractivity contribution in [2.75, 3.05) is 19.7 Å². The normalized spacial score (nSPS) is 16.8. The quantitative estimate of drug-likeness (QED) is 0.0266. The molecule has 8 rings (SSSR count). The molecule has 90 heavy (non-hydrogen) atoms. The fraction of sp³-hybridized carbons (Fsp3) is 0.644. The molecule has 1 heterocycles. The number of thiazole rings is 1. The topological polar surface area (TPSA) is 259 Å². The maximum absolute atomic E-state index is 13.7.